The zero-order chi connectivity index (χ0) is 31.1. The van der Waals surface area contributed by atoms with Crippen molar-refractivity contribution >= 4 is 0 Å². The standard InChI is InChI=1S/C24H51N7O11/c25-2-1-3-30-15-19(37)17(35)12(6-27)39-23(15)41-21-10(28)4-11(31-7-9(33)5-26)22(20(21)38)42-24-18(36)14(29)16(34)13(8-32)40-24/h9-24,30-38H,1-8,25-29H2/t9?,10-,11+,12+,13+,14-,15+,16+,17+,18+,19+,20-,21+,22-,23+,24+/m0/s1. The van der Waals surface area contributed by atoms with E-state index in [2.05, 4.69) is 10.6 Å². The molecule has 0 amide bonds. The van der Waals surface area contributed by atoms with Crippen LogP contribution in [-0.4, -0.2) is 173 Å². The van der Waals surface area contributed by atoms with E-state index in [1.165, 1.54) is 0 Å². The van der Waals surface area contributed by atoms with Crippen molar-refractivity contribution in [1.82, 2.24) is 10.6 Å². The summed E-state index contributed by atoms with van der Waals surface area (Å²) in [5.74, 6) is 0. The molecule has 0 aromatic heterocycles. The summed E-state index contributed by atoms with van der Waals surface area (Å²) >= 11 is 0. The van der Waals surface area contributed by atoms with Gasteiger partial charge in [0, 0.05) is 31.7 Å². The normalized spacial score (nSPS) is 45.6. The number of rotatable bonds is 14. The summed E-state index contributed by atoms with van der Waals surface area (Å²) < 4.78 is 23.6. The Balaban J connectivity index is 1.84. The topological polar surface area (TPSA) is 333 Å². The van der Waals surface area contributed by atoms with Crippen LogP contribution in [-0.2, 0) is 18.9 Å². The maximum Gasteiger partial charge on any atom is 0.186 e. The van der Waals surface area contributed by atoms with Gasteiger partial charge < -0.3 is 94.0 Å². The molecule has 3 rings (SSSR count). The Morgan fingerprint density at radius 2 is 1.48 bits per heavy atom. The van der Waals surface area contributed by atoms with Gasteiger partial charge in [-0.1, -0.05) is 0 Å². The average molecular weight is 614 g/mol. The molecule has 18 nitrogen and oxygen atoms in total. The summed E-state index contributed by atoms with van der Waals surface area (Å²) in [7, 11) is 0. The van der Waals surface area contributed by atoms with Crippen molar-refractivity contribution < 1.29 is 54.7 Å². The second kappa shape index (κ2) is 16.5. The molecule has 0 radical (unpaired) electrons. The molecule has 18 heteroatoms. The van der Waals surface area contributed by atoms with E-state index in [0.717, 1.165) is 0 Å². The molecule has 0 bridgehead atoms. The molecule has 1 unspecified atom stereocenters. The van der Waals surface area contributed by atoms with Gasteiger partial charge in [0.15, 0.2) is 12.6 Å². The first-order valence-electron chi connectivity index (χ1n) is 14.4. The molecule has 19 N–H and O–H groups in total. The minimum absolute atomic E-state index is 0.0265. The Morgan fingerprint density at radius 1 is 0.810 bits per heavy atom. The lowest BCUT2D eigenvalue weighted by Gasteiger charge is -2.49. The Kier molecular flexibility index (Phi) is 14.1. The lowest BCUT2D eigenvalue weighted by Crippen LogP contribution is -2.70. The number of aliphatic hydroxyl groups is 7. The van der Waals surface area contributed by atoms with Crippen LogP contribution in [0, 0.1) is 0 Å². The molecular formula is C24H51N7O11. The van der Waals surface area contributed by atoms with Gasteiger partial charge in [0.2, 0.25) is 0 Å². The molecule has 2 aliphatic heterocycles. The van der Waals surface area contributed by atoms with Gasteiger partial charge in [-0.3, -0.25) is 0 Å². The van der Waals surface area contributed by atoms with E-state index in [9.17, 15) is 35.7 Å². The molecule has 42 heavy (non-hydrogen) atoms. The van der Waals surface area contributed by atoms with Crippen molar-refractivity contribution in [2.24, 2.45) is 28.7 Å². The molecule has 3 fully saturated rings. The van der Waals surface area contributed by atoms with Gasteiger partial charge in [0.05, 0.1) is 24.8 Å². The monoisotopic (exact) mass is 613 g/mol. The molecule has 0 aromatic rings. The molecule has 3 aliphatic rings. The zero-order valence-electron chi connectivity index (χ0n) is 23.5. The summed E-state index contributed by atoms with van der Waals surface area (Å²) in [4.78, 5) is 0. The molecule has 0 spiro atoms. The summed E-state index contributed by atoms with van der Waals surface area (Å²) in [5.41, 5.74) is 29.2. The highest BCUT2D eigenvalue weighted by Crippen LogP contribution is 2.32. The summed E-state index contributed by atoms with van der Waals surface area (Å²) in [6, 6.07) is -3.69. The van der Waals surface area contributed by atoms with Gasteiger partial charge in [-0.05, 0) is 25.9 Å². The second-order valence-electron chi connectivity index (χ2n) is 11.2. The Hall–Kier alpha value is -0.720. The van der Waals surface area contributed by atoms with Crippen molar-refractivity contribution in [3.05, 3.63) is 0 Å². The Morgan fingerprint density at radius 3 is 2.10 bits per heavy atom. The lowest BCUT2D eigenvalue weighted by atomic mass is 9.83. The largest absolute Gasteiger partial charge is 0.394 e. The Bertz CT molecular complexity index is 795. The average Bonchev–Trinajstić information content (AvgIpc) is 2.98. The van der Waals surface area contributed by atoms with Crippen LogP contribution in [0.15, 0.2) is 0 Å². The SMILES string of the molecule is NCCCN[C@H]1[C@@H](O[C@H]2[C@H](O)[C@@H](O[C@H]3O[C@H](CO)[C@@H](O)[C@H](N)[C@H]3O)[C@H](NCC(O)CN)C[C@@H]2N)O[C@H](CN)[C@@H](O)[C@@H]1O. The lowest BCUT2D eigenvalue weighted by molar-refractivity contribution is -0.321. The third-order valence-electron chi connectivity index (χ3n) is 8.12. The third kappa shape index (κ3) is 8.30. The molecule has 1 saturated carbocycles. The van der Waals surface area contributed by atoms with Crippen LogP contribution < -0.4 is 39.3 Å². The molecule has 2 saturated heterocycles. The highest BCUT2D eigenvalue weighted by molar-refractivity contribution is 5.03. The van der Waals surface area contributed by atoms with Gasteiger partial charge in [-0.25, -0.2) is 0 Å². The second-order valence-corrected chi connectivity index (χ2v) is 11.2. The highest BCUT2D eigenvalue weighted by atomic mass is 16.7. The number of nitrogens with two attached hydrogens (primary N) is 5. The summed E-state index contributed by atoms with van der Waals surface area (Å²) in [6.45, 7) is 0.0129. The minimum atomic E-state index is -1.53. The summed E-state index contributed by atoms with van der Waals surface area (Å²) in [6.07, 6.45) is -14.4. The maximum absolute atomic E-state index is 11.6. The number of ether oxygens (including phenoxy) is 4. The van der Waals surface area contributed by atoms with Crippen molar-refractivity contribution in [1.29, 1.82) is 0 Å². The fraction of sp³-hybridized carbons (Fsp3) is 1.00. The van der Waals surface area contributed by atoms with E-state index < -0.39 is 104 Å². The molecule has 1 aliphatic carbocycles. The van der Waals surface area contributed by atoms with Gasteiger partial charge in [-0.15, -0.1) is 0 Å². The van der Waals surface area contributed by atoms with Gasteiger partial charge in [0.1, 0.15) is 54.9 Å². The quantitative estimate of drug-likeness (QED) is 0.0808. The van der Waals surface area contributed by atoms with E-state index in [1.807, 2.05) is 0 Å². The van der Waals surface area contributed by atoms with E-state index in [-0.39, 0.29) is 26.1 Å². The van der Waals surface area contributed by atoms with Crippen LogP contribution in [0.4, 0.5) is 0 Å². The predicted molar refractivity (Wildman–Crippen MR) is 146 cm³/mol. The minimum Gasteiger partial charge on any atom is -0.394 e. The molecular weight excluding hydrogens is 562 g/mol. The fourth-order valence-electron chi connectivity index (χ4n) is 5.53. The van der Waals surface area contributed by atoms with Gasteiger partial charge in [0.25, 0.3) is 0 Å². The van der Waals surface area contributed by atoms with E-state index in [1.54, 1.807) is 0 Å². The predicted octanol–water partition coefficient (Wildman–Crippen LogP) is -8.39. The van der Waals surface area contributed by atoms with Crippen LogP contribution in [0.5, 0.6) is 0 Å². The molecule has 16 atom stereocenters. The number of hydrogen-bond donors (Lipinski definition) is 14. The van der Waals surface area contributed by atoms with E-state index >= 15 is 0 Å². The van der Waals surface area contributed by atoms with Crippen molar-refractivity contribution in [3.8, 4) is 0 Å². The fourth-order valence-corrected chi connectivity index (χ4v) is 5.53. The zero-order valence-corrected chi connectivity index (χ0v) is 23.5. The van der Waals surface area contributed by atoms with Crippen LogP contribution in [0.25, 0.3) is 0 Å². The van der Waals surface area contributed by atoms with Crippen molar-refractivity contribution in [2.45, 2.75) is 111 Å². The van der Waals surface area contributed by atoms with Crippen LogP contribution in [0.3, 0.4) is 0 Å². The first-order valence-corrected chi connectivity index (χ1v) is 14.4. The third-order valence-corrected chi connectivity index (χ3v) is 8.12. The smallest absolute Gasteiger partial charge is 0.186 e. The van der Waals surface area contributed by atoms with Crippen molar-refractivity contribution in [3.63, 3.8) is 0 Å². The number of hydrogen-bond acceptors (Lipinski definition) is 18. The molecule has 248 valence electrons. The van der Waals surface area contributed by atoms with E-state index in [0.29, 0.717) is 19.5 Å². The first-order chi connectivity index (χ1) is 20.0. The van der Waals surface area contributed by atoms with Gasteiger partial charge in [-0.2, -0.15) is 0 Å². The van der Waals surface area contributed by atoms with Crippen molar-refractivity contribution in [2.75, 3.05) is 39.3 Å². The molecule has 0 aromatic carbocycles. The summed E-state index contributed by atoms with van der Waals surface area (Å²) in [5, 5.41) is 79.5. The van der Waals surface area contributed by atoms with Crippen LogP contribution in [0.1, 0.15) is 12.8 Å². The number of nitrogens with one attached hydrogen (secondary N) is 2. The highest BCUT2D eigenvalue weighted by Gasteiger charge is 2.52. The maximum atomic E-state index is 11.6. The first kappa shape index (κ1) is 35.8. The Labute approximate surface area is 244 Å². The molecule has 2 heterocycles. The van der Waals surface area contributed by atoms with Crippen LogP contribution >= 0.6 is 0 Å². The van der Waals surface area contributed by atoms with E-state index in [4.69, 9.17) is 47.6 Å². The van der Waals surface area contributed by atoms with Gasteiger partial charge >= 0.3 is 0 Å². The number of aliphatic hydroxyl groups excluding tert-OH is 7. The van der Waals surface area contributed by atoms with Crippen LogP contribution in [0.2, 0.25) is 0 Å².